The first-order chi connectivity index (χ1) is 16.1. The van der Waals surface area contributed by atoms with Crippen molar-refractivity contribution in [3.8, 4) is 5.75 Å². The Morgan fingerprint density at radius 3 is 2.55 bits per heavy atom. The van der Waals surface area contributed by atoms with Crippen molar-refractivity contribution in [3.05, 3.63) is 59.2 Å². The van der Waals surface area contributed by atoms with Gasteiger partial charge in [0.2, 0.25) is 11.8 Å². The van der Waals surface area contributed by atoms with Crippen molar-refractivity contribution in [1.82, 2.24) is 9.80 Å². The molecular formula is C27H35N3O3. The fourth-order valence-corrected chi connectivity index (χ4v) is 4.78. The number of methoxy groups -OCH3 is 1. The quantitative estimate of drug-likeness (QED) is 0.668. The van der Waals surface area contributed by atoms with Crippen molar-refractivity contribution in [2.24, 2.45) is 0 Å². The van der Waals surface area contributed by atoms with Gasteiger partial charge in [-0.1, -0.05) is 18.2 Å². The average Bonchev–Trinajstić information content (AvgIpc) is 3.17. The van der Waals surface area contributed by atoms with Crippen molar-refractivity contribution < 1.29 is 14.3 Å². The predicted octanol–water partition coefficient (Wildman–Crippen LogP) is 3.68. The van der Waals surface area contributed by atoms with Crippen molar-refractivity contribution in [2.75, 3.05) is 45.2 Å². The lowest BCUT2D eigenvalue weighted by Gasteiger charge is -2.22. The molecule has 2 amide bonds. The molecule has 0 bridgehead atoms. The van der Waals surface area contributed by atoms with Crippen LogP contribution in [0.1, 0.15) is 42.4 Å². The Balaban J connectivity index is 1.17. The van der Waals surface area contributed by atoms with E-state index in [-0.39, 0.29) is 11.8 Å². The van der Waals surface area contributed by atoms with Crippen LogP contribution in [0.25, 0.3) is 0 Å². The molecule has 0 radical (unpaired) electrons. The number of aryl methyl sites for hydroxylation is 3. The minimum Gasteiger partial charge on any atom is -0.497 e. The van der Waals surface area contributed by atoms with Crippen molar-refractivity contribution >= 4 is 17.5 Å². The van der Waals surface area contributed by atoms with Crippen LogP contribution in [-0.2, 0) is 28.9 Å². The highest BCUT2D eigenvalue weighted by Crippen LogP contribution is 2.25. The van der Waals surface area contributed by atoms with E-state index in [0.717, 1.165) is 75.4 Å². The molecule has 0 atom stereocenters. The summed E-state index contributed by atoms with van der Waals surface area (Å²) in [5.74, 6) is 1.10. The Morgan fingerprint density at radius 2 is 1.73 bits per heavy atom. The molecule has 6 nitrogen and oxygen atoms in total. The highest BCUT2D eigenvalue weighted by molar-refractivity contribution is 5.91. The van der Waals surface area contributed by atoms with Crippen molar-refractivity contribution in [1.29, 1.82) is 0 Å². The van der Waals surface area contributed by atoms with Crippen molar-refractivity contribution in [3.63, 3.8) is 0 Å². The lowest BCUT2D eigenvalue weighted by atomic mass is 10.1. The number of carbonyl (C=O) groups is 2. The number of rotatable bonds is 8. The Labute approximate surface area is 196 Å². The molecule has 2 aromatic rings. The lowest BCUT2D eigenvalue weighted by Crippen LogP contribution is -2.36. The Morgan fingerprint density at radius 1 is 0.909 bits per heavy atom. The average molecular weight is 450 g/mol. The van der Waals surface area contributed by atoms with Gasteiger partial charge in [-0.25, -0.2) is 0 Å². The number of hydrogen-bond donors (Lipinski definition) is 1. The van der Waals surface area contributed by atoms with Crippen LogP contribution in [0, 0.1) is 0 Å². The van der Waals surface area contributed by atoms with Gasteiger partial charge >= 0.3 is 0 Å². The molecule has 0 unspecified atom stereocenters. The minimum atomic E-state index is 0.0598. The zero-order valence-corrected chi connectivity index (χ0v) is 19.6. The zero-order valence-electron chi connectivity index (χ0n) is 19.6. The molecule has 4 rings (SSSR count). The summed E-state index contributed by atoms with van der Waals surface area (Å²) in [5.41, 5.74) is 4.85. The molecule has 1 saturated heterocycles. The molecule has 0 spiro atoms. The first-order valence-electron chi connectivity index (χ1n) is 12.2. The molecule has 2 aromatic carbocycles. The molecule has 1 fully saturated rings. The number of amides is 2. The molecular weight excluding hydrogens is 414 g/mol. The molecule has 1 aliphatic heterocycles. The first-order valence-corrected chi connectivity index (χ1v) is 12.2. The predicted molar refractivity (Wildman–Crippen MR) is 131 cm³/mol. The Kier molecular flexibility index (Phi) is 8.00. The standard InChI is InChI=1S/C27H35N3O3/c1-33-25-11-6-21(7-12-25)8-13-27(32)30-16-3-15-29(18-19-30)17-14-26(31)28-24-10-9-22-4-2-5-23(22)20-24/h6-7,9-12,20H,2-5,8,13-19H2,1H3,(H,28,31). The third-order valence-corrected chi connectivity index (χ3v) is 6.77. The second kappa shape index (κ2) is 11.3. The molecule has 0 aromatic heterocycles. The summed E-state index contributed by atoms with van der Waals surface area (Å²) in [4.78, 5) is 29.5. The summed E-state index contributed by atoms with van der Waals surface area (Å²) < 4.78 is 5.19. The van der Waals surface area contributed by atoms with Gasteiger partial charge in [-0.3, -0.25) is 9.59 Å². The molecule has 6 heteroatoms. The fourth-order valence-electron chi connectivity index (χ4n) is 4.78. The van der Waals surface area contributed by atoms with Gasteiger partial charge in [-0.15, -0.1) is 0 Å². The highest BCUT2D eigenvalue weighted by Gasteiger charge is 2.19. The van der Waals surface area contributed by atoms with E-state index in [0.29, 0.717) is 12.8 Å². The van der Waals surface area contributed by atoms with E-state index in [9.17, 15) is 9.59 Å². The molecule has 1 aliphatic carbocycles. The van der Waals surface area contributed by atoms with Crippen LogP contribution in [0.5, 0.6) is 5.75 Å². The van der Waals surface area contributed by atoms with Gasteiger partial charge in [0.15, 0.2) is 0 Å². The monoisotopic (exact) mass is 449 g/mol. The van der Waals surface area contributed by atoms with Crippen molar-refractivity contribution in [2.45, 2.75) is 44.9 Å². The number of ether oxygens (including phenoxy) is 1. The minimum absolute atomic E-state index is 0.0598. The first kappa shape index (κ1) is 23.3. The van der Waals surface area contributed by atoms with Gasteiger partial charge in [0.1, 0.15) is 5.75 Å². The molecule has 0 saturated carbocycles. The highest BCUT2D eigenvalue weighted by atomic mass is 16.5. The van der Waals surface area contributed by atoms with Gasteiger partial charge in [-0.05, 0) is 79.6 Å². The number of hydrogen-bond acceptors (Lipinski definition) is 4. The summed E-state index contributed by atoms with van der Waals surface area (Å²) in [5, 5.41) is 3.06. The summed E-state index contributed by atoms with van der Waals surface area (Å²) in [6.45, 7) is 3.99. The van der Waals surface area contributed by atoms with E-state index in [1.54, 1.807) is 7.11 Å². The van der Waals surface area contributed by atoms with E-state index in [2.05, 4.69) is 22.3 Å². The number of nitrogens with one attached hydrogen (secondary N) is 1. The number of benzene rings is 2. The van der Waals surface area contributed by atoms with Crippen LogP contribution >= 0.6 is 0 Å². The van der Waals surface area contributed by atoms with E-state index in [1.165, 1.54) is 17.5 Å². The van der Waals surface area contributed by atoms with Crippen LogP contribution in [0.3, 0.4) is 0 Å². The van der Waals surface area contributed by atoms with Crippen LogP contribution in [0.4, 0.5) is 5.69 Å². The molecule has 33 heavy (non-hydrogen) atoms. The largest absolute Gasteiger partial charge is 0.497 e. The van der Waals surface area contributed by atoms with Crippen LogP contribution < -0.4 is 10.1 Å². The van der Waals surface area contributed by atoms with Crippen LogP contribution in [-0.4, -0.2) is 61.4 Å². The summed E-state index contributed by atoms with van der Waals surface area (Å²) in [6, 6.07) is 14.2. The van der Waals surface area contributed by atoms with E-state index >= 15 is 0 Å². The third kappa shape index (κ3) is 6.57. The number of anilines is 1. The molecule has 1 N–H and O–H groups in total. The van der Waals surface area contributed by atoms with E-state index in [1.807, 2.05) is 35.2 Å². The topological polar surface area (TPSA) is 61.9 Å². The lowest BCUT2D eigenvalue weighted by molar-refractivity contribution is -0.131. The van der Waals surface area contributed by atoms with Gasteiger partial charge in [0.25, 0.3) is 0 Å². The molecule has 1 heterocycles. The molecule has 2 aliphatic rings. The van der Waals surface area contributed by atoms with E-state index < -0.39 is 0 Å². The number of carbonyl (C=O) groups excluding carboxylic acids is 2. The maximum atomic E-state index is 12.7. The van der Waals surface area contributed by atoms with Gasteiger partial charge < -0.3 is 19.9 Å². The summed E-state index contributed by atoms with van der Waals surface area (Å²) in [6.07, 6.45) is 6.16. The maximum absolute atomic E-state index is 12.7. The SMILES string of the molecule is COc1ccc(CCC(=O)N2CCCN(CCC(=O)Nc3ccc4c(c3)CCC4)CC2)cc1. The third-order valence-electron chi connectivity index (χ3n) is 6.77. The fraction of sp³-hybridized carbons (Fsp3) is 0.481. The molecule has 176 valence electrons. The van der Waals surface area contributed by atoms with E-state index in [4.69, 9.17) is 4.74 Å². The number of fused-ring (bicyclic) bond motifs is 1. The van der Waals surface area contributed by atoms with Gasteiger partial charge in [0.05, 0.1) is 7.11 Å². The van der Waals surface area contributed by atoms with Crippen LogP contribution in [0.2, 0.25) is 0 Å². The second-order valence-corrected chi connectivity index (χ2v) is 9.06. The smallest absolute Gasteiger partial charge is 0.225 e. The summed E-state index contributed by atoms with van der Waals surface area (Å²) >= 11 is 0. The Hall–Kier alpha value is -2.86. The number of nitrogens with zero attached hydrogens (tertiary/aromatic N) is 2. The normalized spacial score (nSPS) is 16.2. The Bertz CT molecular complexity index is 958. The zero-order chi connectivity index (χ0) is 23.0. The van der Waals surface area contributed by atoms with Gasteiger partial charge in [0, 0.05) is 44.7 Å². The second-order valence-electron chi connectivity index (χ2n) is 9.06. The van der Waals surface area contributed by atoms with Gasteiger partial charge in [-0.2, -0.15) is 0 Å². The van der Waals surface area contributed by atoms with Crippen LogP contribution in [0.15, 0.2) is 42.5 Å². The maximum Gasteiger partial charge on any atom is 0.225 e. The summed E-state index contributed by atoms with van der Waals surface area (Å²) in [7, 11) is 1.65.